The van der Waals surface area contributed by atoms with Crippen molar-refractivity contribution in [2.45, 2.75) is 101 Å². The van der Waals surface area contributed by atoms with Gasteiger partial charge in [0.1, 0.15) is 42.7 Å². The van der Waals surface area contributed by atoms with Crippen molar-refractivity contribution in [3.8, 4) is 0 Å². The minimum absolute atomic E-state index is 0.00748. The van der Waals surface area contributed by atoms with Gasteiger partial charge < -0.3 is 48.1 Å². The van der Waals surface area contributed by atoms with E-state index in [0.29, 0.717) is 13.2 Å². The number of hydrogen-bond acceptors (Lipinski definition) is 10. The predicted molar refractivity (Wildman–Crippen MR) is 212 cm³/mol. The van der Waals surface area contributed by atoms with Gasteiger partial charge in [0.2, 0.25) is 0 Å². The maximum atomic E-state index is 12.0. The molecule has 2 N–H and O–H groups in total. The number of rotatable bonds is 18. The zero-order chi connectivity index (χ0) is 39.2. The molecule has 10 heteroatoms. The molecule has 0 aliphatic carbocycles. The summed E-state index contributed by atoms with van der Waals surface area (Å²) in [5, 5.41) is 23.5. The SMILES string of the molecule is C[C@@H]1O[C@@H](O[C@H]2[C@@H](O)[C@@H](COCc3ccccc3)O[C@@H](O)[C@@H]2OCc2ccccc2)[C@@H](OCc2ccccc2)[C@H](OCc2ccccc2)[C@@H]1OCc1ccccc1. The van der Waals surface area contributed by atoms with Crippen LogP contribution >= 0.6 is 0 Å². The van der Waals surface area contributed by atoms with Gasteiger partial charge in [-0.05, 0) is 34.7 Å². The fourth-order valence-electron chi connectivity index (χ4n) is 7.15. The standard InChI is InChI=1S/C47H52O10/c1-33-41(51-28-35-19-9-3-10-20-35)43(52-29-36-21-11-4-12-22-36)45(54-31-38-25-15-6-16-26-38)47(55-33)57-42-40(48)39(32-50-27-34-17-7-2-8-18-34)56-46(49)44(42)53-30-37-23-13-5-14-24-37/h2-26,33,39-49H,27-32H2,1H3/t33-,39+,40-,41+,42-,43+,44+,45-,46+,47-/m0/s1. The highest BCUT2D eigenvalue weighted by atomic mass is 16.7. The fraction of sp³-hybridized carbons (Fsp3) is 0.362. The molecule has 2 saturated heterocycles. The first-order valence-corrected chi connectivity index (χ1v) is 19.6. The van der Waals surface area contributed by atoms with Crippen molar-refractivity contribution >= 4 is 0 Å². The fourth-order valence-corrected chi connectivity index (χ4v) is 7.15. The van der Waals surface area contributed by atoms with Crippen LogP contribution in [0.1, 0.15) is 34.7 Å². The number of hydrogen-bond donors (Lipinski definition) is 2. The Hall–Kier alpha value is -4.30. The lowest BCUT2D eigenvalue weighted by atomic mass is 9.96. The first-order chi connectivity index (χ1) is 28.0. The molecule has 57 heavy (non-hydrogen) atoms. The van der Waals surface area contributed by atoms with Gasteiger partial charge in [-0.3, -0.25) is 0 Å². The van der Waals surface area contributed by atoms with Gasteiger partial charge in [0.15, 0.2) is 12.6 Å². The van der Waals surface area contributed by atoms with E-state index in [1.807, 2.05) is 159 Å². The molecular formula is C47H52O10. The second-order valence-electron chi connectivity index (χ2n) is 14.4. The third-order valence-electron chi connectivity index (χ3n) is 10.2. The maximum Gasteiger partial charge on any atom is 0.187 e. The summed E-state index contributed by atoms with van der Waals surface area (Å²) in [6.45, 7) is 3.18. The third-order valence-corrected chi connectivity index (χ3v) is 10.2. The molecule has 2 heterocycles. The van der Waals surface area contributed by atoms with Crippen LogP contribution in [0, 0.1) is 0 Å². The first-order valence-electron chi connectivity index (χ1n) is 19.6. The lowest BCUT2D eigenvalue weighted by Gasteiger charge is -2.48. The van der Waals surface area contributed by atoms with Gasteiger partial charge in [-0.15, -0.1) is 0 Å². The second kappa shape index (κ2) is 20.9. The maximum absolute atomic E-state index is 12.0. The normalized spacial score (nSPS) is 27.6. The van der Waals surface area contributed by atoms with E-state index in [1.165, 1.54) is 0 Å². The summed E-state index contributed by atoms with van der Waals surface area (Å²) < 4.78 is 51.9. The van der Waals surface area contributed by atoms with E-state index in [4.69, 9.17) is 37.9 Å². The Bertz CT molecular complexity index is 1850. The molecular weight excluding hydrogens is 725 g/mol. The molecule has 2 fully saturated rings. The highest BCUT2D eigenvalue weighted by molar-refractivity contribution is 5.17. The molecule has 0 spiro atoms. The topological polar surface area (TPSA) is 114 Å². The van der Waals surface area contributed by atoms with Crippen LogP contribution in [0.5, 0.6) is 0 Å². The van der Waals surface area contributed by atoms with Crippen LogP contribution in [0.25, 0.3) is 0 Å². The van der Waals surface area contributed by atoms with Crippen LogP contribution in [-0.2, 0) is 70.9 Å². The lowest BCUT2D eigenvalue weighted by molar-refractivity contribution is -0.368. The van der Waals surface area contributed by atoms with Crippen LogP contribution in [0.15, 0.2) is 152 Å². The van der Waals surface area contributed by atoms with Crippen LogP contribution in [0.4, 0.5) is 0 Å². The van der Waals surface area contributed by atoms with E-state index >= 15 is 0 Å². The average molecular weight is 777 g/mol. The van der Waals surface area contributed by atoms with E-state index in [-0.39, 0.29) is 26.4 Å². The molecule has 5 aromatic carbocycles. The molecule has 0 bridgehead atoms. The number of aliphatic hydroxyl groups is 2. The molecule has 2 aliphatic rings. The lowest BCUT2D eigenvalue weighted by Crippen LogP contribution is -2.65. The van der Waals surface area contributed by atoms with Crippen LogP contribution in [0.2, 0.25) is 0 Å². The van der Waals surface area contributed by atoms with E-state index in [1.54, 1.807) is 0 Å². The molecule has 7 rings (SSSR count). The van der Waals surface area contributed by atoms with Gasteiger partial charge in [-0.2, -0.15) is 0 Å². The molecule has 300 valence electrons. The smallest absolute Gasteiger partial charge is 0.187 e. The molecule has 5 aromatic rings. The summed E-state index contributed by atoms with van der Waals surface area (Å²) >= 11 is 0. The molecule has 0 amide bonds. The monoisotopic (exact) mass is 776 g/mol. The Morgan fingerprint density at radius 3 is 1.28 bits per heavy atom. The number of aliphatic hydroxyl groups excluding tert-OH is 2. The quantitative estimate of drug-likeness (QED) is 0.0991. The summed E-state index contributed by atoms with van der Waals surface area (Å²) in [5.41, 5.74) is 4.78. The molecule has 10 atom stereocenters. The number of benzene rings is 5. The van der Waals surface area contributed by atoms with Gasteiger partial charge in [0, 0.05) is 0 Å². The zero-order valence-electron chi connectivity index (χ0n) is 32.1. The van der Waals surface area contributed by atoms with Crippen molar-refractivity contribution in [2.75, 3.05) is 6.61 Å². The van der Waals surface area contributed by atoms with Gasteiger partial charge >= 0.3 is 0 Å². The Morgan fingerprint density at radius 1 is 0.439 bits per heavy atom. The van der Waals surface area contributed by atoms with Crippen LogP contribution < -0.4 is 0 Å². The predicted octanol–water partition coefficient (Wildman–Crippen LogP) is 6.75. The van der Waals surface area contributed by atoms with Gasteiger partial charge in [-0.25, -0.2) is 0 Å². The third kappa shape index (κ3) is 11.4. The van der Waals surface area contributed by atoms with Crippen molar-refractivity contribution < 1.29 is 48.1 Å². The zero-order valence-corrected chi connectivity index (χ0v) is 32.1. The van der Waals surface area contributed by atoms with E-state index in [9.17, 15) is 10.2 Å². The minimum Gasteiger partial charge on any atom is -0.387 e. The highest BCUT2D eigenvalue weighted by Gasteiger charge is 2.53. The van der Waals surface area contributed by atoms with Crippen molar-refractivity contribution in [3.63, 3.8) is 0 Å². The molecule has 0 saturated carbocycles. The van der Waals surface area contributed by atoms with Gasteiger partial charge in [-0.1, -0.05) is 152 Å². The Balaban J connectivity index is 1.17. The minimum atomic E-state index is -1.45. The summed E-state index contributed by atoms with van der Waals surface area (Å²) in [6.07, 6.45) is -9.62. The Kier molecular flexibility index (Phi) is 15.0. The second-order valence-corrected chi connectivity index (χ2v) is 14.4. The summed E-state index contributed by atoms with van der Waals surface area (Å²) in [7, 11) is 0. The summed E-state index contributed by atoms with van der Waals surface area (Å²) in [6, 6.07) is 49.0. The van der Waals surface area contributed by atoms with E-state index in [0.717, 1.165) is 27.8 Å². The van der Waals surface area contributed by atoms with Crippen LogP contribution in [0.3, 0.4) is 0 Å². The van der Waals surface area contributed by atoms with Crippen LogP contribution in [-0.4, -0.2) is 78.2 Å². The molecule has 0 aromatic heterocycles. The average Bonchev–Trinajstić information content (AvgIpc) is 3.25. The largest absolute Gasteiger partial charge is 0.387 e. The van der Waals surface area contributed by atoms with Gasteiger partial charge in [0.05, 0.1) is 45.7 Å². The van der Waals surface area contributed by atoms with E-state index < -0.39 is 61.4 Å². The van der Waals surface area contributed by atoms with Crippen molar-refractivity contribution in [2.24, 2.45) is 0 Å². The Labute approximate surface area is 334 Å². The van der Waals surface area contributed by atoms with Crippen molar-refractivity contribution in [3.05, 3.63) is 179 Å². The molecule has 10 nitrogen and oxygen atoms in total. The summed E-state index contributed by atoms with van der Waals surface area (Å²) in [5.74, 6) is 0. The van der Waals surface area contributed by atoms with Gasteiger partial charge in [0.25, 0.3) is 0 Å². The molecule has 2 aliphatic heterocycles. The van der Waals surface area contributed by atoms with Crippen molar-refractivity contribution in [1.82, 2.24) is 0 Å². The summed E-state index contributed by atoms with van der Waals surface area (Å²) in [4.78, 5) is 0. The molecule has 0 radical (unpaired) electrons. The molecule has 0 unspecified atom stereocenters. The van der Waals surface area contributed by atoms with E-state index in [2.05, 4.69) is 0 Å². The van der Waals surface area contributed by atoms with Crippen molar-refractivity contribution in [1.29, 1.82) is 0 Å². The Morgan fingerprint density at radius 2 is 0.825 bits per heavy atom. The first kappa shape index (κ1) is 40.9. The highest BCUT2D eigenvalue weighted by Crippen LogP contribution is 2.35. The number of ether oxygens (including phenoxy) is 8.